The maximum absolute atomic E-state index is 12.8. The Morgan fingerprint density at radius 2 is 2.29 bits per heavy atom. The highest BCUT2D eigenvalue weighted by Gasteiger charge is 2.18. The van der Waals surface area contributed by atoms with Crippen LogP contribution in [0.5, 0.6) is 0 Å². The first kappa shape index (κ1) is 11.1. The summed E-state index contributed by atoms with van der Waals surface area (Å²) in [6.45, 7) is 0. The lowest BCUT2D eigenvalue weighted by molar-refractivity contribution is -0.150. The van der Waals surface area contributed by atoms with Gasteiger partial charge in [-0.15, -0.1) is 0 Å². The van der Waals surface area contributed by atoms with Crippen LogP contribution in [0.2, 0.25) is 0 Å². The second-order valence-corrected chi connectivity index (χ2v) is 3.45. The standard InChI is InChI=1S/C9H8BrFO3/c1-14-9(13)8(12)5-2-3-7(11)6(10)4-5/h2-4,8,12H,1H3. The number of hydrogen-bond donors (Lipinski definition) is 1. The fourth-order valence-corrected chi connectivity index (χ4v) is 1.33. The molecule has 1 aromatic rings. The van der Waals surface area contributed by atoms with Crippen LogP contribution in [0.1, 0.15) is 11.7 Å². The lowest BCUT2D eigenvalue weighted by atomic mass is 10.1. The summed E-state index contributed by atoms with van der Waals surface area (Å²) in [6.07, 6.45) is -1.38. The van der Waals surface area contributed by atoms with Gasteiger partial charge in [0.05, 0.1) is 11.6 Å². The van der Waals surface area contributed by atoms with Crippen molar-refractivity contribution in [3.63, 3.8) is 0 Å². The molecule has 0 saturated heterocycles. The SMILES string of the molecule is COC(=O)C(O)c1ccc(F)c(Br)c1. The second kappa shape index (κ2) is 4.52. The first-order chi connectivity index (χ1) is 6.56. The number of carbonyl (C=O) groups excluding carboxylic acids is 1. The molecule has 14 heavy (non-hydrogen) atoms. The van der Waals surface area contributed by atoms with Gasteiger partial charge >= 0.3 is 5.97 Å². The van der Waals surface area contributed by atoms with Gasteiger partial charge in [-0.25, -0.2) is 9.18 Å². The smallest absolute Gasteiger partial charge is 0.339 e. The van der Waals surface area contributed by atoms with Gasteiger partial charge in [-0.3, -0.25) is 0 Å². The van der Waals surface area contributed by atoms with E-state index in [4.69, 9.17) is 0 Å². The van der Waals surface area contributed by atoms with Gasteiger partial charge in [-0.2, -0.15) is 0 Å². The van der Waals surface area contributed by atoms with Crippen molar-refractivity contribution in [1.82, 2.24) is 0 Å². The third-order valence-electron chi connectivity index (χ3n) is 1.68. The zero-order valence-electron chi connectivity index (χ0n) is 7.33. The van der Waals surface area contributed by atoms with Crippen LogP contribution in [-0.4, -0.2) is 18.2 Å². The van der Waals surface area contributed by atoms with Gasteiger partial charge in [0.15, 0.2) is 6.10 Å². The molecule has 0 bridgehead atoms. The summed E-state index contributed by atoms with van der Waals surface area (Å²) in [5, 5.41) is 9.39. The maximum Gasteiger partial charge on any atom is 0.339 e. The van der Waals surface area contributed by atoms with Crippen LogP contribution in [-0.2, 0) is 9.53 Å². The van der Waals surface area contributed by atoms with E-state index in [1.807, 2.05) is 0 Å². The van der Waals surface area contributed by atoms with E-state index in [-0.39, 0.29) is 10.0 Å². The monoisotopic (exact) mass is 262 g/mol. The summed E-state index contributed by atoms with van der Waals surface area (Å²) in [5.41, 5.74) is 0.283. The van der Waals surface area contributed by atoms with Crippen molar-refractivity contribution < 1.29 is 19.0 Å². The molecule has 0 heterocycles. The lowest BCUT2D eigenvalue weighted by Crippen LogP contribution is -2.13. The quantitative estimate of drug-likeness (QED) is 0.827. The van der Waals surface area contributed by atoms with Crippen molar-refractivity contribution in [2.45, 2.75) is 6.10 Å². The normalized spacial score (nSPS) is 12.3. The number of benzene rings is 1. The molecular formula is C9H8BrFO3. The molecule has 0 fully saturated rings. The number of ether oxygens (including phenoxy) is 1. The Hall–Kier alpha value is -0.940. The minimum atomic E-state index is -1.38. The lowest BCUT2D eigenvalue weighted by Gasteiger charge is -2.08. The van der Waals surface area contributed by atoms with E-state index >= 15 is 0 Å². The van der Waals surface area contributed by atoms with Crippen LogP contribution < -0.4 is 0 Å². The Morgan fingerprint density at radius 1 is 1.64 bits per heavy atom. The van der Waals surface area contributed by atoms with Gasteiger partial charge in [0.25, 0.3) is 0 Å². The highest BCUT2D eigenvalue weighted by Crippen LogP contribution is 2.21. The molecule has 0 aliphatic carbocycles. The molecule has 5 heteroatoms. The van der Waals surface area contributed by atoms with E-state index in [1.165, 1.54) is 19.2 Å². The molecule has 0 amide bonds. The predicted octanol–water partition coefficient (Wildman–Crippen LogP) is 1.79. The highest BCUT2D eigenvalue weighted by molar-refractivity contribution is 9.10. The summed E-state index contributed by atoms with van der Waals surface area (Å²) in [7, 11) is 1.17. The molecule has 0 aromatic heterocycles. The molecule has 0 spiro atoms. The van der Waals surface area contributed by atoms with Crippen molar-refractivity contribution in [2.24, 2.45) is 0 Å². The van der Waals surface area contributed by atoms with Gasteiger partial charge in [-0.05, 0) is 33.6 Å². The highest BCUT2D eigenvalue weighted by atomic mass is 79.9. The fourth-order valence-electron chi connectivity index (χ4n) is 0.930. The van der Waals surface area contributed by atoms with Crippen LogP contribution in [0.15, 0.2) is 22.7 Å². The number of carbonyl (C=O) groups is 1. The van der Waals surface area contributed by atoms with Crippen molar-refractivity contribution in [3.8, 4) is 0 Å². The van der Waals surface area contributed by atoms with Crippen molar-refractivity contribution in [2.75, 3.05) is 7.11 Å². The largest absolute Gasteiger partial charge is 0.467 e. The summed E-state index contributed by atoms with van der Waals surface area (Å²) in [6, 6.07) is 3.81. The summed E-state index contributed by atoms with van der Waals surface area (Å²) >= 11 is 2.95. The van der Waals surface area contributed by atoms with E-state index in [1.54, 1.807) is 0 Å². The first-order valence-electron chi connectivity index (χ1n) is 3.77. The van der Waals surface area contributed by atoms with Crippen molar-refractivity contribution >= 4 is 21.9 Å². The average molecular weight is 263 g/mol. The number of rotatable bonds is 2. The van der Waals surface area contributed by atoms with Crippen molar-refractivity contribution in [1.29, 1.82) is 0 Å². The van der Waals surface area contributed by atoms with E-state index < -0.39 is 17.9 Å². The Kier molecular flexibility index (Phi) is 3.60. The van der Waals surface area contributed by atoms with E-state index in [2.05, 4.69) is 20.7 Å². The molecule has 0 radical (unpaired) electrons. The van der Waals surface area contributed by atoms with Gasteiger partial charge in [0.1, 0.15) is 5.82 Å². The molecule has 1 N–H and O–H groups in total. The number of halogens is 2. The number of esters is 1. The fraction of sp³-hybridized carbons (Fsp3) is 0.222. The molecule has 76 valence electrons. The maximum atomic E-state index is 12.8. The molecule has 3 nitrogen and oxygen atoms in total. The molecule has 0 aliphatic rings. The van der Waals surface area contributed by atoms with E-state index in [9.17, 15) is 14.3 Å². The molecule has 1 rings (SSSR count). The molecule has 1 atom stereocenters. The van der Waals surface area contributed by atoms with Gasteiger partial charge < -0.3 is 9.84 Å². The number of aliphatic hydroxyl groups is 1. The zero-order valence-corrected chi connectivity index (χ0v) is 8.92. The zero-order chi connectivity index (χ0) is 10.7. The number of aliphatic hydroxyl groups excluding tert-OH is 1. The molecule has 0 saturated carbocycles. The minimum Gasteiger partial charge on any atom is -0.467 e. The summed E-state index contributed by atoms with van der Waals surface area (Å²) in [5.74, 6) is -1.23. The summed E-state index contributed by atoms with van der Waals surface area (Å²) < 4.78 is 17.3. The van der Waals surface area contributed by atoms with Crippen molar-refractivity contribution in [3.05, 3.63) is 34.1 Å². The number of methoxy groups -OCH3 is 1. The van der Waals surface area contributed by atoms with Gasteiger partial charge in [0, 0.05) is 0 Å². The summed E-state index contributed by atoms with van der Waals surface area (Å²) in [4.78, 5) is 10.9. The van der Waals surface area contributed by atoms with Crippen LogP contribution in [0.4, 0.5) is 4.39 Å². The molecular weight excluding hydrogens is 255 g/mol. The predicted molar refractivity (Wildman–Crippen MR) is 51.1 cm³/mol. The minimum absolute atomic E-state index is 0.193. The Morgan fingerprint density at radius 3 is 2.79 bits per heavy atom. The Labute approximate surface area is 88.6 Å². The number of hydrogen-bond acceptors (Lipinski definition) is 3. The Balaban J connectivity index is 2.96. The first-order valence-corrected chi connectivity index (χ1v) is 4.56. The van der Waals surface area contributed by atoms with E-state index in [0.717, 1.165) is 6.07 Å². The third kappa shape index (κ3) is 2.30. The second-order valence-electron chi connectivity index (χ2n) is 2.60. The van der Waals surface area contributed by atoms with Gasteiger partial charge in [-0.1, -0.05) is 6.07 Å². The van der Waals surface area contributed by atoms with Crippen LogP contribution in [0.3, 0.4) is 0 Å². The molecule has 1 unspecified atom stereocenters. The third-order valence-corrected chi connectivity index (χ3v) is 2.29. The van der Waals surface area contributed by atoms with Gasteiger partial charge in [0.2, 0.25) is 0 Å². The molecule has 1 aromatic carbocycles. The van der Waals surface area contributed by atoms with E-state index in [0.29, 0.717) is 0 Å². The topological polar surface area (TPSA) is 46.5 Å². The molecule has 0 aliphatic heterocycles. The van der Waals surface area contributed by atoms with Crippen LogP contribution >= 0.6 is 15.9 Å². The Bertz CT molecular complexity index is 354. The van der Waals surface area contributed by atoms with Crippen LogP contribution in [0, 0.1) is 5.82 Å². The average Bonchev–Trinajstić information content (AvgIpc) is 2.20. The van der Waals surface area contributed by atoms with Crippen LogP contribution in [0.25, 0.3) is 0 Å².